The van der Waals surface area contributed by atoms with Gasteiger partial charge in [-0.05, 0) is 42.3 Å². The van der Waals surface area contributed by atoms with Gasteiger partial charge in [0.05, 0.1) is 0 Å². The van der Waals surface area contributed by atoms with Gasteiger partial charge in [-0.1, -0.05) is 48.5 Å². The van der Waals surface area contributed by atoms with Crippen molar-refractivity contribution in [2.75, 3.05) is 19.4 Å². The van der Waals surface area contributed by atoms with Crippen LogP contribution in [-0.2, 0) is 11.2 Å². The summed E-state index contributed by atoms with van der Waals surface area (Å²) in [6, 6.07) is 21.0. The highest BCUT2D eigenvalue weighted by Gasteiger charge is 2.33. The number of nitrogens with zero attached hydrogens (tertiary/aromatic N) is 3. The van der Waals surface area contributed by atoms with Crippen LogP contribution in [0.4, 0.5) is 5.69 Å². The van der Waals surface area contributed by atoms with Gasteiger partial charge in [0.25, 0.3) is 17.7 Å². The van der Waals surface area contributed by atoms with E-state index in [-0.39, 0.29) is 41.1 Å². The number of aromatic nitrogens is 2. The van der Waals surface area contributed by atoms with Gasteiger partial charge in [-0.3, -0.25) is 15.0 Å². The molecule has 0 aliphatic carbocycles. The minimum absolute atomic E-state index is 0.0270. The van der Waals surface area contributed by atoms with Crippen LogP contribution in [0.15, 0.2) is 72.8 Å². The second-order valence-corrected chi connectivity index (χ2v) is 9.60. The number of benzene rings is 3. The summed E-state index contributed by atoms with van der Waals surface area (Å²) in [6.07, 6.45) is -0.541. The number of nitrogens with one attached hydrogen (secondary N) is 2. The van der Waals surface area contributed by atoms with E-state index in [1.54, 1.807) is 56.6 Å². The van der Waals surface area contributed by atoms with Crippen LogP contribution in [0.3, 0.4) is 0 Å². The van der Waals surface area contributed by atoms with Crippen LogP contribution < -0.4 is 25.3 Å². The second kappa shape index (κ2) is 11.3. The van der Waals surface area contributed by atoms with Crippen molar-refractivity contribution in [3.05, 3.63) is 95.1 Å². The summed E-state index contributed by atoms with van der Waals surface area (Å²) >= 11 is 0. The summed E-state index contributed by atoms with van der Waals surface area (Å²) in [5.41, 5.74) is 8.34. The molecule has 3 aromatic carbocycles. The van der Waals surface area contributed by atoms with E-state index in [9.17, 15) is 9.59 Å². The molecule has 11 nitrogen and oxygen atoms in total. The summed E-state index contributed by atoms with van der Waals surface area (Å²) in [7, 11) is 3.32. The molecule has 2 amide bonds. The highest BCUT2D eigenvalue weighted by Crippen LogP contribution is 2.41. The number of ether oxygens (including phenoxy) is 3. The van der Waals surface area contributed by atoms with Gasteiger partial charge in [-0.15, -0.1) is 0 Å². The number of rotatable bonds is 8. The Balaban J connectivity index is 1.53. The Kier molecular flexibility index (Phi) is 7.51. The van der Waals surface area contributed by atoms with Gasteiger partial charge in [0.1, 0.15) is 17.3 Å². The molecule has 1 aliphatic rings. The molecule has 4 N–H and O–H groups in total. The molecule has 0 saturated heterocycles. The Morgan fingerprint density at radius 1 is 1.02 bits per heavy atom. The normalized spacial score (nSPS) is 13.8. The molecule has 1 aliphatic heterocycles. The maximum Gasteiger partial charge on any atom is 0.328 e. The number of carbonyl (C=O) groups excluding carboxylic acids is 2. The average Bonchev–Trinajstić information content (AvgIpc) is 2.95. The van der Waals surface area contributed by atoms with Crippen molar-refractivity contribution in [3.8, 4) is 29.3 Å². The fraction of sp³-hybridized carbons (Fsp3) is 0.167. The third-order valence-corrected chi connectivity index (χ3v) is 6.28. The Bertz CT molecular complexity index is 1640. The van der Waals surface area contributed by atoms with Crippen molar-refractivity contribution >= 4 is 23.3 Å². The predicted octanol–water partition coefficient (Wildman–Crippen LogP) is 4.30. The Morgan fingerprint density at radius 2 is 1.80 bits per heavy atom. The molecule has 4 aromatic rings. The Morgan fingerprint density at radius 3 is 2.54 bits per heavy atom. The largest absolute Gasteiger partial charge is 0.462 e. The number of nitrogens with two attached hydrogens (primary N) is 1. The number of hydrogen-bond acceptors (Lipinski definition) is 8. The van der Waals surface area contributed by atoms with E-state index in [0.29, 0.717) is 29.0 Å². The maximum absolute atomic E-state index is 13.0. The van der Waals surface area contributed by atoms with Gasteiger partial charge >= 0.3 is 6.01 Å². The van der Waals surface area contributed by atoms with Gasteiger partial charge in [0.2, 0.25) is 5.88 Å². The lowest BCUT2D eigenvalue weighted by molar-refractivity contribution is -0.123. The van der Waals surface area contributed by atoms with E-state index in [1.807, 2.05) is 37.3 Å². The van der Waals surface area contributed by atoms with E-state index in [0.717, 1.165) is 11.1 Å². The zero-order valence-corrected chi connectivity index (χ0v) is 22.7. The van der Waals surface area contributed by atoms with Crippen molar-refractivity contribution in [1.29, 1.82) is 5.41 Å². The molecule has 41 heavy (non-hydrogen) atoms. The topological polar surface area (TPSA) is 153 Å². The lowest BCUT2D eigenvalue weighted by atomic mass is 10.1. The minimum atomic E-state index is -0.857. The summed E-state index contributed by atoms with van der Waals surface area (Å²) in [5, 5.41) is 10.6. The number of hydrogen-bond donors (Lipinski definition) is 3. The second-order valence-electron chi connectivity index (χ2n) is 9.60. The summed E-state index contributed by atoms with van der Waals surface area (Å²) < 4.78 is 18.1. The van der Waals surface area contributed by atoms with Crippen LogP contribution in [0.25, 0.3) is 0 Å². The summed E-state index contributed by atoms with van der Waals surface area (Å²) in [5.74, 6) is 0.0141. The first-order valence-electron chi connectivity index (χ1n) is 12.7. The molecular formula is C30H28N6O5. The van der Waals surface area contributed by atoms with E-state index in [1.165, 1.54) is 4.90 Å². The van der Waals surface area contributed by atoms with Crippen LogP contribution in [0.2, 0.25) is 0 Å². The molecule has 0 spiro atoms. The lowest BCUT2D eigenvalue weighted by Gasteiger charge is -2.26. The van der Waals surface area contributed by atoms with Gasteiger partial charge in [0, 0.05) is 31.6 Å². The quantitative estimate of drug-likeness (QED) is 0.216. The van der Waals surface area contributed by atoms with Crippen LogP contribution >= 0.6 is 0 Å². The number of carbonyl (C=O) groups is 2. The first-order chi connectivity index (χ1) is 19.7. The number of aryl methyl sites for hydroxylation is 1. The van der Waals surface area contributed by atoms with Crippen LogP contribution in [0.1, 0.15) is 27.0 Å². The molecule has 0 fully saturated rings. The monoisotopic (exact) mass is 552 g/mol. The fourth-order valence-electron chi connectivity index (χ4n) is 4.11. The van der Waals surface area contributed by atoms with Crippen molar-refractivity contribution in [2.24, 2.45) is 5.73 Å². The molecule has 5 rings (SSSR count). The van der Waals surface area contributed by atoms with Crippen LogP contribution in [-0.4, -0.2) is 52.7 Å². The standard InChI is InChI=1S/C30H28N6O5/c1-17-12-13-19(25(31)32)16-22(17)40-27-24-28(41-23(26(37)33-24)14-18-8-5-4-6-9-18)35-30(34-27)39-21-11-7-10-20(15-21)29(38)36(2)3/h4-13,15-16,23H,14H2,1-3H3,(H3,31,32)(H,33,37). The number of amidine groups is 1. The third kappa shape index (κ3) is 6.09. The zero-order valence-electron chi connectivity index (χ0n) is 22.7. The van der Waals surface area contributed by atoms with Gasteiger partial charge < -0.3 is 30.2 Å². The summed E-state index contributed by atoms with van der Waals surface area (Å²) in [4.78, 5) is 35.8. The predicted molar refractivity (Wildman–Crippen MR) is 152 cm³/mol. The summed E-state index contributed by atoms with van der Waals surface area (Å²) in [6.45, 7) is 1.82. The Labute approximate surface area is 236 Å². The average molecular weight is 553 g/mol. The van der Waals surface area contributed by atoms with Gasteiger partial charge in [0.15, 0.2) is 11.8 Å². The van der Waals surface area contributed by atoms with Crippen LogP contribution in [0, 0.1) is 12.3 Å². The Hall–Kier alpha value is -5.45. The van der Waals surface area contributed by atoms with Crippen molar-refractivity contribution in [2.45, 2.75) is 19.4 Å². The maximum atomic E-state index is 13.0. The molecule has 208 valence electrons. The van der Waals surface area contributed by atoms with Gasteiger partial charge in [-0.25, -0.2) is 0 Å². The van der Waals surface area contributed by atoms with Crippen molar-refractivity contribution in [3.63, 3.8) is 0 Å². The number of fused-ring (bicyclic) bond motifs is 1. The fourth-order valence-corrected chi connectivity index (χ4v) is 4.11. The first-order valence-corrected chi connectivity index (χ1v) is 12.7. The van der Waals surface area contributed by atoms with E-state index < -0.39 is 6.10 Å². The lowest BCUT2D eigenvalue weighted by Crippen LogP contribution is -2.39. The third-order valence-electron chi connectivity index (χ3n) is 6.28. The number of nitrogen functional groups attached to an aromatic ring is 1. The van der Waals surface area contributed by atoms with E-state index in [2.05, 4.69) is 15.3 Å². The SMILES string of the molecule is Cc1ccc(C(=N)N)cc1Oc1nc(Oc2cccc(C(=O)N(C)C)c2)nc2c1NC(=O)C(Cc1ccccc1)O2. The molecule has 1 aromatic heterocycles. The molecule has 1 unspecified atom stereocenters. The van der Waals surface area contributed by atoms with E-state index >= 15 is 0 Å². The van der Waals surface area contributed by atoms with Gasteiger partial charge in [-0.2, -0.15) is 9.97 Å². The van der Waals surface area contributed by atoms with Crippen molar-refractivity contribution < 1.29 is 23.8 Å². The van der Waals surface area contributed by atoms with Crippen LogP contribution in [0.5, 0.6) is 29.3 Å². The highest BCUT2D eigenvalue weighted by molar-refractivity contribution is 5.99. The smallest absolute Gasteiger partial charge is 0.328 e. The molecule has 1 atom stereocenters. The molecule has 11 heteroatoms. The van der Waals surface area contributed by atoms with E-state index in [4.69, 9.17) is 25.4 Å². The first kappa shape index (κ1) is 27.1. The highest BCUT2D eigenvalue weighted by atomic mass is 16.5. The molecular weight excluding hydrogens is 524 g/mol. The number of anilines is 1. The number of amides is 2. The minimum Gasteiger partial charge on any atom is -0.462 e. The molecule has 0 bridgehead atoms. The molecule has 0 radical (unpaired) electrons. The molecule has 2 heterocycles. The molecule has 0 saturated carbocycles. The van der Waals surface area contributed by atoms with Crippen molar-refractivity contribution in [1.82, 2.24) is 14.9 Å². The zero-order chi connectivity index (χ0) is 29.1.